The maximum atomic E-state index is 13.2. The number of Topliss-reactive ketones (excluding diaryl/α,β-unsaturated/α-hetero) is 1. The Morgan fingerprint density at radius 3 is 2.65 bits per heavy atom. The highest BCUT2D eigenvalue weighted by Gasteiger charge is 2.07. The van der Waals surface area contributed by atoms with Gasteiger partial charge in [-0.2, -0.15) is 0 Å². The summed E-state index contributed by atoms with van der Waals surface area (Å²) in [6.45, 7) is 1.66. The molecule has 0 amide bonds. The van der Waals surface area contributed by atoms with Gasteiger partial charge in [0.05, 0.1) is 5.02 Å². The maximum Gasteiger partial charge on any atom is 0.159 e. The van der Waals surface area contributed by atoms with E-state index in [4.69, 9.17) is 16.3 Å². The molecule has 0 saturated carbocycles. The molecule has 0 fully saturated rings. The number of hydrogen-bond acceptors (Lipinski definition) is 2. The van der Waals surface area contributed by atoms with Gasteiger partial charge in [0.2, 0.25) is 0 Å². The predicted molar refractivity (Wildman–Crippen MR) is 79.9 cm³/mol. The van der Waals surface area contributed by atoms with E-state index >= 15 is 0 Å². The number of hydrogen-bond donors (Lipinski definition) is 0. The second-order valence-corrected chi connectivity index (χ2v) is 5.59. The average Bonchev–Trinajstić information content (AvgIpc) is 2.36. The lowest BCUT2D eigenvalue weighted by atomic mass is 10.1. The maximum absolute atomic E-state index is 13.2. The van der Waals surface area contributed by atoms with Crippen LogP contribution in [0, 0.1) is 5.82 Å². The van der Waals surface area contributed by atoms with Gasteiger partial charge in [-0.1, -0.05) is 27.5 Å². The van der Waals surface area contributed by atoms with Crippen LogP contribution >= 0.6 is 27.5 Å². The minimum Gasteiger partial charge on any atom is -0.487 e. The SMILES string of the molecule is CC(=O)c1ccc(OCc2cc(F)cc(Br)c2)c(Cl)c1. The van der Waals surface area contributed by atoms with Gasteiger partial charge in [-0.25, -0.2) is 4.39 Å². The largest absolute Gasteiger partial charge is 0.487 e. The molecule has 2 nitrogen and oxygen atoms in total. The van der Waals surface area contributed by atoms with E-state index in [9.17, 15) is 9.18 Å². The molecule has 2 rings (SSSR count). The van der Waals surface area contributed by atoms with Gasteiger partial charge in [0.1, 0.15) is 18.2 Å². The average molecular weight is 358 g/mol. The van der Waals surface area contributed by atoms with E-state index in [0.29, 0.717) is 26.4 Å². The minimum atomic E-state index is -0.337. The van der Waals surface area contributed by atoms with Crippen LogP contribution in [-0.4, -0.2) is 5.78 Å². The molecule has 0 heterocycles. The standard InChI is InChI=1S/C15H11BrClFO2/c1-9(19)11-2-3-15(14(17)6-11)20-8-10-4-12(16)7-13(18)5-10/h2-7H,8H2,1H3. The van der Waals surface area contributed by atoms with Gasteiger partial charge in [0.25, 0.3) is 0 Å². The summed E-state index contributed by atoms with van der Waals surface area (Å²) in [5, 5.41) is 0.355. The predicted octanol–water partition coefficient (Wildman–Crippen LogP) is 5.02. The molecule has 0 aromatic heterocycles. The zero-order chi connectivity index (χ0) is 14.7. The molecule has 0 radical (unpaired) electrons. The van der Waals surface area contributed by atoms with Gasteiger partial charge in [-0.3, -0.25) is 4.79 Å². The smallest absolute Gasteiger partial charge is 0.159 e. The van der Waals surface area contributed by atoms with Crippen LogP contribution < -0.4 is 4.74 Å². The van der Waals surface area contributed by atoms with E-state index in [0.717, 1.165) is 0 Å². The van der Waals surface area contributed by atoms with Gasteiger partial charge < -0.3 is 4.74 Å². The number of carbonyl (C=O) groups excluding carboxylic acids is 1. The van der Waals surface area contributed by atoms with Crippen LogP contribution in [0.2, 0.25) is 5.02 Å². The lowest BCUT2D eigenvalue weighted by molar-refractivity contribution is 0.101. The number of rotatable bonds is 4. The fraction of sp³-hybridized carbons (Fsp3) is 0.133. The Morgan fingerprint density at radius 2 is 2.05 bits per heavy atom. The molecule has 2 aromatic rings. The molecule has 0 spiro atoms. The molecular weight excluding hydrogens is 347 g/mol. The van der Waals surface area contributed by atoms with Crippen molar-refractivity contribution in [1.29, 1.82) is 0 Å². The number of carbonyl (C=O) groups is 1. The number of ether oxygens (including phenoxy) is 1. The molecule has 0 bridgehead atoms. The normalized spacial score (nSPS) is 10.4. The Labute approximate surface area is 129 Å². The molecule has 0 unspecified atom stereocenters. The van der Waals surface area contributed by atoms with Gasteiger partial charge in [-0.15, -0.1) is 0 Å². The highest BCUT2D eigenvalue weighted by Crippen LogP contribution is 2.27. The Hall–Kier alpha value is -1.39. The third-order valence-electron chi connectivity index (χ3n) is 2.66. The Balaban J connectivity index is 2.12. The van der Waals surface area contributed by atoms with Crippen LogP contribution in [0.15, 0.2) is 40.9 Å². The summed E-state index contributed by atoms with van der Waals surface area (Å²) in [4.78, 5) is 11.2. The third-order valence-corrected chi connectivity index (χ3v) is 3.41. The van der Waals surface area contributed by atoms with Crippen LogP contribution in [0.3, 0.4) is 0 Å². The van der Waals surface area contributed by atoms with Crippen molar-refractivity contribution in [1.82, 2.24) is 0 Å². The molecule has 0 aliphatic rings. The molecule has 0 aliphatic heterocycles. The quantitative estimate of drug-likeness (QED) is 0.718. The topological polar surface area (TPSA) is 26.3 Å². The lowest BCUT2D eigenvalue weighted by Crippen LogP contribution is -1.98. The van der Waals surface area contributed by atoms with Crippen molar-refractivity contribution >= 4 is 33.3 Å². The Morgan fingerprint density at radius 1 is 1.30 bits per heavy atom. The van der Waals surface area contributed by atoms with Crippen LogP contribution in [0.4, 0.5) is 4.39 Å². The second-order valence-electron chi connectivity index (χ2n) is 4.27. The molecule has 2 aromatic carbocycles. The minimum absolute atomic E-state index is 0.0625. The lowest BCUT2D eigenvalue weighted by Gasteiger charge is -2.09. The van der Waals surface area contributed by atoms with Crippen molar-refractivity contribution in [2.75, 3.05) is 0 Å². The van der Waals surface area contributed by atoms with Gasteiger partial charge >= 0.3 is 0 Å². The first-order valence-electron chi connectivity index (χ1n) is 5.84. The van der Waals surface area contributed by atoms with E-state index in [-0.39, 0.29) is 18.2 Å². The Kier molecular flexibility index (Phi) is 4.78. The first-order chi connectivity index (χ1) is 9.45. The van der Waals surface area contributed by atoms with Gasteiger partial charge in [0.15, 0.2) is 5.78 Å². The summed E-state index contributed by atoms with van der Waals surface area (Å²) < 4.78 is 19.4. The van der Waals surface area contributed by atoms with Crippen molar-refractivity contribution < 1.29 is 13.9 Å². The monoisotopic (exact) mass is 356 g/mol. The van der Waals surface area contributed by atoms with Crippen molar-refractivity contribution in [3.63, 3.8) is 0 Å². The summed E-state index contributed by atoms with van der Waals surface area (Å²) in [7, 11) is 0. The van der Waals surface area contributed by atoms with E-state index in [1.165, 1.54) is 19.1 Å². The number of halogens is 3. The summed E-state index contributed by atoms with van der Waals surface area (Å²) in [6, 6.07) is 9.36. The van der Waals surface area contributed by atoms with Gasteiger partial charge in [0, 0.05) is 10.0 Å². The highest BCUT2D eigenvalue weighted by molar-refractivity contribution is 9.10. The van der Waals surface area contributed by atoms with E-state index in [2.05, 4.69) is 15.9 Å². The van der Waals surface area contributed by atoms with E-state index in [1.54, 1.807) is 24.3 Å². The summed E-state index contributed by atoms with van der Waals surface area (Å²) in [6.07, 6.45) is 0. The highest BCUT2D eigenvalue weighted by atomic mass is 79.9. The number of ketones is 1. The summed E-state index contributed by atoms with van der Waals surface area (Å²) >= 11 is 9.26. The first-order valence-corrected chi connectivity index (χ1v) is 7.01. The van der Waals surface area contributed by atoms with Crippen LogP contribution in [0.1, 0.15) is 22.8 Å². The second kappa shape index (κ2) is 6.37. The van der Waals surface area contributed by atoms with E-state index in [1.807, 2.05) is 0 Å². The molecule has 0 aliphatic carbocycles. The molecule has 0 saturated heterocycles. The van der Waals surface area contributed by atoms with Crippen LogP contribution in [0.25, 0.3) is 0 Å². The molecule has 5 heteroatoms. The fourth-order valence-electron chi connectivity index (χ4n) is 1.69. The zero-order valence-corrected chi connectivity index (χ0v) is 13.0. The molecular formula is C15H11BrClFO2. The summed E-state index contributed by atoms with van der Waals surface area (Å²) in [5.41, 5.74) is 1.21. The number of benzene rings is 2. The van der Waals surface area contributed by atoms with E-state index < -0.39 is 0 Å². The van der Waals surface area contributed by atoms with Crippen LogP contribution in [-0.2, 0) is 6.61 Å². The summed E-state index contributed by atoms with van der Waals surface area (Å²) in [5.74, 6) is 0.0561. The van der Waals surface area contributed by atoms with Crippen molar-refractivity contribution in [3.8, 4) is 5.75 Å². The van der Waals surface area contributed by atoms with Crippen molar-refractivity contribution in [3.05, 3.63) is 62.8 Å². The third kappa shape index (κ3) is 3.81. The molecule has 20 heavy (non-hydrogen) atoms. The fourth-order valence-corrected chi connectivity index (χ4v) is 2.44. The molecule has 0 N–H and O–H groups in total. The molecule has 0 atom stereocenters. The Bertz CT molecular complexity index is 638. The van der Waals surface area contributed by atoms with Gasteiger partial charge in [-0.05, 0) is 48.9 Å². The molecule has 104 valence electrons. The van der Waals surface area contributed by atoms with Crippen molar-refractivity contribution in [2.24, 2.45) is 0 Å². The van der Waals surface area contributed by atoms with Crippen molar-refractivity contribution in [2.45, 2.75) is 13.5 Å². The zero-order valence-electron chi connectivity index (χ0n) is 10.6. The van der Waals surface area contributed by atoms with Crippen LogP contribution in [0.5, 0.6) is 5.75 Å². The first kappa shape index (κ1) is 15.0.